The van der Waals surface area contributed by atoms with E-state index >= 15 is 0 Å². The SMILES string of the molecule is CON1CCC(Oc2ccc(NC(=O)C(=O)Nc3ccc(C)c(C)c3)cc2F)CC1. The van der Waals surface area contributed by atoms with E-state index in [0.717, 1.165) is 30.0 Å². The molecule has 3 rings (SSSR count). The number of hydrogen-bond donors (Lipinski definition) is 2. The normalized spacial score (nSPS) is 14.9. The Labute approximate surface area is 175 Å². The minimum Gasteiger partial charge on any atom is -0.487 e. The zero-order valence-corrected chi connectivity index (χ0v) is 17.3. The van der Waals surface area contributed by atoms with E-state index in [4.69, 9.17) is 9.57 Å². The van der Waals surface area contributed by atoms with E-state index in [2.05, 4.69) is 10.6 Å². The van der Waals surface area contributed by atoms with Gasteiger partial charge in [0.1, 0.15) is 6.10 Å². The quantitative estimate of drug-likeness (QED) is 0.732. The molecule has 7 nitrogen and oxygen atoms in total. The molecule has 1 aliphatic heterocycles. The van der Waals surface area contributed by atoms with Crippen molar-refractivity contribution in [1.29, 1.82) is 0 Å². The fourth-order valence-electron chi connectivity index (χ4n) is 3.18. The summed E-state index contributed by atoms with van der Waals surface area (Å²) in [7, 11) is 1.62. The van der Waals surface area contributed by atoms with Crippen molar-refractivity contribution in [3.05, 3.63) is 53.3 Å². The monoisotopic (exact) mass is 415 g/mol. The van der Waals surface area contributed by atoms with Crippen LogP contribution in [-0.2, 0) is 14.4 Å². The highest BCUT2D eigenvalue weighted by molar-refractivity contribution is 6.43. The van der Waals surface area contributed by atoms with Gasteiger partial charge in [0.2, 0.25) is 0 Å². The second-order valence-corrected chi connectivity index (χ2v) is 7.28. The number of carbonyl (C=O) groups excluding carboxylic acids is 2. The number of hydrogen-bond acceptors (Lipinski definition) is 5. The minimum absolute atomic E-state index is 0.102. The van der Waals surface area contributed by atoms with Crippen LogP contribution in [-0.4, -0.2) is 43.2 Å². The lowest BCUT2D eigenvalue weighted by Crippen LogP contribution is -2.37. The maximum absolute atomic E-state index is 14.4. The Morgan fingerprint density at radius 3 is 2.13 bits per heavy atom. The minimum atomic E-state index is -0.881. The molecule has 0 radical (unpaired) electrons. The number of nitrogens with zero attached hydrogens (tertiary/aromatic N) is 1. The second kappa shape index (κ2) is 9.69. The summed E-state index contributed by atoms with van der Waals surface area (Å²) in [4.78, 5) is 29.4. The number of rotatable bonds is 5. The summed E-state index contributed by atoms with van der Waals surface area (Å²) in [6.45, 7) is 5.30. The molecule has 1 saturated heterocycles. The van der Waals surface area contributed by atoms with Crippen LogP contribution in [0.2, 0.25) is 0 Å². The average Bonchev–Trinajstić information content (AvgIpc) is 2.73. The van der Waals surface area contributed by atoms with Crippen molar-refractivity contribution in [2.75, 3.05) is 30.8 Å². The molecule has 0 saturated carbocycles. The van der Waals surface area contributed by atoms with Crippen molar-refractivity contribution < 1.29 is 23.6 Å². The van der Waals surface area contributed by atoms with Gasteiger partial charge >= 0.3 is 11.8 Å². The molecule has 8 heteroatoms. The number of carbonyl (C=O) groups is 2. The summed E-state index contributed by atoms with van der Waals surface area (Å²) in [6, 6.07) is 9.45. The molecular weight excluding hydrogens is 389 g/mol. The van der Waals surface area contributed by atoms with Crippen LogP contribution in [0, 0.1) is 19.7 Å². The van der Waals surface area contributed by atoms with E-state index in [9.17, 15) is 14.0 Å². The number of benzene rings is 2. The second-order valence-electron chi connectivity index (χ2n) is 7.28. The average molecular weight is 415 g/mol. The van der Waals surface area contributed by atoms with Crippen LogP contribution in [0.25, 0.3) is 0 Å². The van der Waals surface area contributed by atoms with Crippen molar-refractivity contribution in [3.63, 3.8) is 0 Å². The molecular formula is C22H26FN3O4. The third-order valence-electron chi connectivity index (χ3n) is 5.11. The van der Waals surface area contributed by atoms with Gasteiger partial charge < -0.3 is 20.2 Å². The first kappa shape index (κ1) is 21.7. The largest absolute Gasteiger partial charge is 0.487 e. The van der Waals surface area contributed by atoms with Crippen LogP contribution in [0.15, 0.2) is 36.4 Å². The predicted molar refractivity (Wildman–Crippen MR) is 112 cm³/mol. The standard InChI is InChI=1S/C22H26FN3O4/c1-14-4-5-16(12-15(14)2)24-21(27)22(28)25-17-6-7-20(19(23)13-17)30-18-8-10-26(29-3)11-9-18/h4-7,12-13,18H,8-11H2,1-3H3,(H,24,27)(H,25,28). The number of halogens is 1. The van der Waals surface area contributed by atoms with Gasteiger partial charge in [-0.15, -0.1) is 0 Å². The predicted octanol–water partition coefficient (Wildman–Crippen LogP) is 3.42. The van der Waals surface area contributed by atoms with Crippen molar-refractivity contribution in [2.24, 2.45) is 0 Å². The van der Waals surface area contributed by atoms with Gasteiger partial charge in [-0.25, -0.2) is 4.39 Å². The van der Waals surface area contributed by atoms with E-state index in [1.165, 1.54) is 12.1 Å². The highest BCUT2D eigenvalue weighted by Gasteiger charge is 2.22. The molecule has 1 fully saturated rings. The molecule has 0 aliphatic carbocycles. The number of piperidine rings is 1. The van der Waals surface area contributed by atoms with Crippen molar-refractivity contribution >= 4 is 23.2 Å². The van der Waals surface area contributed by atoms with Gasteiger partial charge in [0.15, 0.2) is 11.6 Å². The maximum atomic E-state index is 14.4. The number of ether oxygens (including phenoxy) is 1. The molecule has 2 amide bonds. The van der Waals surface area contributed by atoms with Crippen LogP contribution in [0.3, 0.4) is 0 Å². The Morgan fingerprint density at radius 1 is 0.967 bits per heavy atom. The van der Waals surface area contributed by atoms with Gasteiger partial charge in [0, 0.05) is 30.5 Å². The van der Waals surface area contributed by atoms with E-state index < -0.39 is 17.6 Å². The van der Waals surface area contributed by atoms with Crippen LogP contribution in [0.1, 0.15) is 24.0 Å². The molecule has 0 spiro atoms. The zero-order valence-electron chi connectivity index (χ0n) is 17.3. The van der Waals surface area contributed by atoms with Gasteiger partial charge in [-0.2, -0.15) is 5.06 Å². The lowest BCUT2D eigenvalue weighted by Gasteiger charge is -2.30. The number of aryl methyl sites for hydroxylation is 2. The summed E-state index contributed by atoms with van der Waals surface area (Å²) in [6.07, 6.45) is 1.35. The van der Waals surface area contributed by atoms with E-state index in [0.29, 0.717) is 18.8 Å². The fourth-order valence-corrected chi connectivity index (χ4v) is 3.18. The van der Waals surface area contributed by atoms with Gasteiger partial charge in [-0.1, -0.05) is 6.07 Å². The fraction of sp³-hybridized carbons (Fsp3) is 0.364. The third kappa shape index (κ3) is 5.55. The topological polar surface area (TPSA) is 79.9 Å². The zero-order chi connectivity index (χ0) is 21.7. The third-order valence-corrected chi connectivity index (χ3v) is 5.11. The Kier molecular flexibility index (Phi) is 7.02. The number of hydroxylamine groups is 2. The van der Waals surface area contributed by atoms with E-state index in [1.807, 2.05) is 25.0 Å². The summed E-state index contributed by atoms with van der Waals surface area (Å²) < 4.78 is 20.2. The molecule has 30 heavy (non-hydrogen) atoms. The Balaban J connectivity index is 1.56. The molecule has 2 aromatic carbocycles. The molecule has 2 aromatic rings. The highest BCUT2D eigenvalue weighted by atomic mass is 19.1. The number of anilines is 2. The summed E-state index contributed by atoms with van der Waals surface area (Å²) >= 11 is 0. The van der Waals surface area contributed by atoms with E-state index in [-0.39, 0.29) is 17.5 Å². The van der Waals surface area contributed by atoms with Gasteiger partial charge in [-0.3, -0.25) is 9.59 Å². The molecule has 160 valence electrons. The smallest absolute Gasteiger partial charge is 0.314 e. The Morgan fingerprint density at radius 2 is 1.57 bits per heavy atom. The highest BCUT2D eigenvalue weighted by Crippen LogP contribution is 2.25. The van der Waals surface area contributed by atoms with E-state index in [1.54, 1.807) is 19.2 Å². The summed E-state index contributed by atoms with van der Waals surface area (Å²) in [5.41, 5.74) is 2.78. The van der Waals surface area contributed by atoms with Gasteiger partial charge in [-0.05, 0) is 62.1 Å². The summed E-state index contributed by atoms with van der Waals surface area (Å²) in [5.74, 6) is -2.20. The lowest BCUT2D eigenvalue weighted by atomic mass is 10.1. The molecule has 2 N–H and O–H groups in total. The first-order valence-electron chi connectivity index (χ1n) is 9.80. The molecule has 0 bridgehead atoms. The molecule has 0 unspecified atom stereocenters. The van der Waals surface area contributed by atoms with Gasteiger partial charge in [0.25, 0.3) is 0 Å². The molecule has 1 aliphatic rings. The van der Waals surface area contributed by atoms with Crippen LogP contribution < -0.4 is 15.4 Å². The number of amides is 2. The first-order valence-corrected chi connectivity index (χ1v) is 9.80. The first-order chi connectivity index (χ1) is 14.4. The molecule has 1 heterocycles. The van der Waals surface area contributed by atoms with Crippen molar-refractivity contribution in [1.82, 2.24) is 5.06 Å². The lowest BCUT2D eigenvalue weighted by molar-refractivity contribution is -0.152. The Bertz CT molecular complexity index is 927. The number of nitrogens with one attached hydrogen (secondary N) is 2. The summed E-state index contributed by atoms with van der Waals surface area (Å²) in [5, 5.41) is 6.77. The van der Waals surface area contributed by atoms with Gasteiger partial charge in [0.05, 0.1) is 7.11 Å². The molecule has 0 aromatic heterocycles. The van der Waals surface area contributed by atoms with Crippen LogP contribution in [0.5, 0.6) is 5.75 Å². The maximum Gasteiger partial charge on any atom is 0.314 e. The van der Waals surface area contributed by atoms with Crippen LogP contribution >= 0.6 is 0 Å². The van der Waals surface area contributed by atoms with Crippen LogP contribution in [0.4, 0.5) is 15.8 Å². The van der Waals surface area contributed by atoms with Crippen molar-refractivity contribution in [2.45, 2.75) is 32.8 Å². The van der Waals surface area contributed by atoms with Crippen molar-refractivity contribution in [3.8, 4) is 5.75 Å². The Hall–Kier alpha value is -2.97. The molecule has 0 atom stereocenters.